The molecule has 60 valence electrons. The van der Waals surface area contributed by atoms with Gasteiger partial charge in [-0.1, -0.05) is 0 Å². The van der Waals surface area contributed by atoms with Crippen molar-refractivity contribution in [2.24, 2.45) is 0 Å². The van der Waals surface area contributed by atoms with E-state index in [1.54, 1.807) is 0 Å². The van der Waals surface area contributed by atoms with Gasteiger partial charge in [-0.15, -0.1) is 0 Å². The van der Waals surface area contributed by atoms with Gasteiger partial charge < -0.3 is 0 Å². The molecule has 0 aromatic carbocycles. The second-order valence-electron chi connectivity index (χ2n) is 1.32. The molecule has 0 saturated carbocycles. The van der Waals surface area contributed by atoms with E-state index in [2.05, 4.69) is 14.9 Å². The molecule has 0 bridgehead atoms. The quantitative estimate of drug-likeness (QED) is 0.634. The predicted octanol–water partition coefficient (Wildman–Crippen LogP) is 0.642. The summed E-state index contributed by atoms with van der Waals surface area (Å²) in [6, 6.07) is 0. The summed E-state index contributed by atoms with van der Waals surface area (Å²) in [4.78, 5) is 9.98. The van der Waals surface area contributed by atoms with Gasteiger partial charge >= 0.3 is 9.33 Å². The predicted molar refractivity (Wildman–Crippen MR) is 36.2 cm³/mol. The van der Waals surface area contributed by atoms with E-state index in [1.807, 2.05) is 0 Å². The average Bonchev–Trinajstić information content (AvgIpc) is 1.59. The largest absolute Gasteiger partial charge is 0.355 e. The molecule has 0 aromatic heterocycles. The van der Waals surface area contributed by atoms with Gasteiger partial charge in [0.2, 0.25) is 5.24 Å². The zero-order chi connectivity index (χ0) is 8.20. The molecule has 0 amide bonds. The summed E-state index contributed by atoms with van der Waals surface area (Å²) in [5, 5.41) is -0.666. The van der Waals surface area contributed by atoms with Gasteiger partial charge in [0.1, 0.15) is 0 Å². The van der Waals surface area contributed by atoms with E-state index in [0.29, 0.717) is 0 Å². The van der Waals surface area contributed by atoms with Crippen LogP contribution in [0.1, 0.15) is 6.42 Å². The highest BCUT2D eigenvalue weighted by Crippen LogP contribution is 2.00. The first-order valence-corrected chi connectivity index (χ1v) is 4.80. The molecule has 0 aromatic rings. The molecule has 10 heavy (non-hydrogen) atoms. The van der Waals surface area contributed by atoms with E-state index in [4.69, 9.17) is 11.6 Å². The minimum Gasteiger partial charge on any atom is -0.281 e. The fourth-order valence-electron chi connectivity index (χ4n) is 0.221. The molecule has 0 fully saturated rings. The second kappa shape index (κ2) is 4.12. The lowest BCUT2D eigenvalue weighted by atomic mass is 10.5. The third-order valence-electron chi connectivity index (χ3n) is 0.523. The lowest BCUT2D eigenvalue weighted by Gasteiger charge is -1.93. The Morgan fingerprint density at radius 3 is 2.30 bits per heavy atom. The SMILES string of the molecule is O=C(Cl)CCOS(=O)(=O)Cl. The van der Waals surface area contributed by atoms with Crippen LogP contribution in [0.5, 0.6) is 0 Å². The molecule has 7 heteroatoms. The molecule has 0 saturated heterocycles. The fraction of sp³-hybridized carbons (Fsp3) is 0.667. The van der Waals surface area contributed by atoms with Gasteiger partial charge in [0.05, 0.1) is 6.61 Å². The summed E-state index contributed by atoms with van der Waals surface area (Å²) in [6.07, 6.45) is -0.173. The number of carbonyl (C=O) groups excluding carboxylic acids is 1. The molecule has 0 spiro atoms. The van der Waals surface area contributed by atoms with Crippen LogP contribution in [-0.2, 0) is 18.3 Å². The number of hydrogen-bond donors (Lipinski definition) is 0. The van der Waals surface area contributed by atoms with Crippen LogP contribution in [0.3, 0.4) is 0 Å². The Morgan fingerprint density at radius 2 is 2.00 bits per heavy atom. The van der Waals surface area contributed by atoms with Crippen LogP contribution >= 0.6 is 22.3 Å². The van der Waals surface area contributed by atoms with Crippen LogP contribution in [0.25, 0.3) is 0 Å². The van der Waals surface area contributed by atoms with Crippen LogP contribution in [0.15, 0.2) is 0 Å². The Morgan fingerprint density at radius 1 is 1.50 bits per heavy atom. The minimum atomic E-state index is -3.96. The number of hydrogen-bond acceptors (Lipinski definition) is 4. The fourth-order valence-corrected chi connectivity index (χ4v) is 0.770. The standard InChI is InChI=1S/C3H4Cl2O4S/c4-3(6)1-2-9-10(5,7)8/h1-2H2. The smallest absolute Gasteiger partial charge is 0.281 e. The summed E-state index contributed by atoms with van der Waals surface area (Å²) in [7, 11) is 0.654. The van der Waals surface area contributed by atoms with E-state index in [1.165, 1.54) is 0 Å². The van der Waals surface area contributed by atoms with Gasteiger partial charge in [-0.2, -0.15) is 8.42 Å². The Bertz CT molecular complexity index is 209. The molecule has 0 aliphatic carbocycles. The molecule has 0 N–H and O–H groups in total. The molecule has 0 radical (unpaired) electrons. The van der Waals surface area contributed by atoms with Crippen LogP contribution in [-0.4, -0.2) is 20.3 Å². The van der Waals surface area contributed by atoms with Crippen LogP contribution < -0.4 is 0 Å². The van der Waals surface area contributed by atoms with Gasteiger partial charge in [-0.05, 0) is 11.6 Å². The molecule has 0 aliphatic rings. The monoisotopic (exact) mass is 206 g/mol. The van der Waals surface area contributed by atoms with Crippen molar-refractivity contribution in [1.82, 2.24) is 0 Å². The van der Waals surface area contributed by atoms with Gasteiger partial charge in [0, 0.05) is 17.1 Å². The van der Waals surface area contributed by atoms with Crippen molar-refractivity contribution < 1.29 is 17.4 Å². The molecular formula is C3H4Cl2O4S. The highest BCUT2D eigenvalue weighted by atomic mass is 35.7. The molecule has 0 aliphatic heterocycles. The second-order valence-corrected chi connectivity index (χ2v) is 3.90. The Hall–Kier alpha value is 0.160. The van der Waals surface area contributed by atoms with Gasteiger partial charge in [-0.25, -0.2) is 0 Å². The first-order chi connectivity index (χ1) is 4.42. The van der Waals surface area contributed by atoms with Crippen molar-refractivity contribution in [3.05, 3.63) is 0 Å². The molecule has 0 rings (SSSR count). The normalized spacial score (nSPS) is 11.4. The Labute approximate surface area is 67.7 Å². The summed E-state index contributed by atoms with van der Waals surface area (Å²) in [6.45, 7) is -0.311. The van der Waals surface area contributed by atoms with Crippen LogP contribution in [0, 0.1) is 0 Å². The minimum absolute atomic E-state index is 0.173. The zero-order valence-electron chi connectivity index (χ0n) is 4.71. The zero-order valence-corrected chi connectivity index (χ0v) is 7.04. The van der Waals surface area contributed by atoms with E-state index in [0.717, 1.165) is 0 Å². The van der Waals surface area contributed by atoms with Crippen LogP contribution in [0.4, 0.5) is 0 Å². The van der Waals surface area contributed by atoms with Gasteiger partial charge in [0.15, 0.2) is 0 Å². The summed E-state index contributed by atoms with van der Waals surface area (Å²) < 4.78 is 24.0. The number of rotatable bonds is 4. The Kier molecular flexibility index (Phi) is 4.19. The maximum Gasteiger partial charge on any atom is 0.355 e. The lowest BCUT2D eigenvalue weighted by Crippen LogP contribution is -2.01. The van der Waals surface area contributed by atoms with E-state index in [-0.39, 0.29) is 13.0 Å². The number of halogens is 2. The van der Waals surface area contributed by atoms with Crippen LogP contribution in [0.2, 0.25) is 0 Å². The summed E-state index contributed by atoms with van der Waals surface area (Å²) >= 11 is 4.85. The van der Waals surface area contributed by atoms with Crippen molar-refractivity contribution in [3.8, 4) is 0 Å². The average molecular weight is 207 g/mol. The lowest BCUT2D eigenvalue weighted by molar-refractivity contribution is -0.112. The molecular weight excluding hydrogens is 203 g/mol. The van der Waals surface area contributed by atoms with E-state index >= 15 is 0 Å². The highest BCUT2D eigenvalue weighted by molar-refractivity contribution is 8.09. The van der Waals surface area contributed by atoms with E-state index in [9.17, 15) is 13.2 Å². The molecule has 0 heterocycles. The van der Waals surface area contributed by atoms with Crippen molar-refractivity contribution in [1.29, 1.82) is 0 Å². The Balaban J connectivity index is 3.49. The molecule has 0 atom stereocenters. The first-order valence-electron chi connectivity index (χ1n) is 2.19. The third kappa shape index (κ3) is 8.16. The topological polar surface area (TPSA) is 60.4 Å². The van der Waals surface area contributed by atoms with Crippen molar-refractivity contribution in [2.75, 3.05) is 6.61 Å². The maximum absolute atomic E-state index is 10.0. The maximum atomic E-state index is 10.0. The van der Waals surface area contributed by atoms with Gasteiger partial charge in [-0.3, -0.25) is 8.98 Å². The summed E-state index contributed by atoms with van der Waals surface area (Å²) in [5.41, 5.74) is 0. The summed E-state index contributed by atoms with van der Waals surface area (Å²) in [5.74, 6) is 0. The highest BCUT2D eigenvalue weighted by Gasteiger charge is 2.05. The van der Waals surface area contributed by atoms with Crippen molar-refractivity contribution >= 4 is 36.9 Å². The first kappa shape index (κ1) is 10.2. The molecule has 4 nitrogen and oxygen atoms in total. The molecule has 0 unspecified atom stereocenters. The van der Waals surface area contributed by atoms with E-state index < -0.39 is 14.6 Å². The van der Waals surface area contributed by atoms with Crippen molar-refractivity contribution in [3.63, 3.8) is 0 Å². The van der Waals surface area contributed by atoms with Crippen molar-refractivity contribution in [2.45, 2.75) is 6.42 Å². The van der Waals surface area contributed by atoms with Gasteiger partial charge in [0.25, 0.3) is 0 Å². The number of carbonyl (C=O) groups is 1. The third-order valence-corrected chi connectivity index (χ3v) is 1.43.